The van der Waals surface area contributed by atoms with Crippen molar-refractivity contribution in [2.75, 3.05) is 10.6 Å². The third-order valence-corrected chi connectivity index (χ3v) is 3.47. The van der Waals surface area contributed by atoms with Crippen LogP contribution in [0.1, 0.15) is 5.56 Å². The number of aromatic nitrogens is 3. The first kappa shape index (κ1) is 17.0. The Morgan fingerprint density at radius 2 is 1.72 bits per heavy atom. The summed E-state index contributed by atoms with van der Waals surface area (Å²) < 4.78 is 38.5. The van der Waals surface area contributed by atoms with Crippen molar-refractivity contribution < 1.29 is 13.2 Å². The molecule has 0 aliphatic carbocycles. The molecule has 0 aliphatic rings. The van der Waals surface area contributed by atoms with Crippen molar-refractivity contribution in [3.63, 3.8) is 0 Å². The van der Waals surface area contributed by atoms with Crippen LogP contribution in [0.15, 0.2) is 54.7 Å². The van der Waals surface area contributed by atoms with Gasteiger partial charge in [-0.25, -0.2) is 0 Å². The van der Waals surface area contributed by atoms with E-state index >= 15 is 0 Å². The zero-order valence-corrected chi connectivity index (χ0v) is 13.3. The van der Waals surface area contributed by atoms with Gasteiger partial charge in [0.2, 0.25) is 5.95 Å². The summed E-state index contributed by atoms with van der Waals surface area (Å²) >= 11 is 5.94. The molecule has 1 aromatic heterocycles. The molecule has 0 amide bonds. The lowest BCUT2D eigenvalue weighted by atomic mass is 10.2. The minimum absolute atomic E-state index is 0.0159. The van der Waals surface area contributed by atoms with Gasteiger partial charge in [-0.05, 0) is 30.3 Å². The average Bonchev–Trinajstić information content (AvgIpc) is 2.57. The zero-order chi connectivity index (χ0) is 17.9. The second-order valence-electron chi connectivity index (χ2n) is 4.97. The fraction of sp³-hybridized carbons (Fsp3) is 0.0625. The third-order valence-electron chi connectivity index (χ3n) is 3.15. The summed E-state index contributed by atoms with van der Waals surface area (Å²) in [5, 5.41) is 13.3. The van der Waals surface area contributed by atoms with Gasteiger partial charge in [0.25, 0.3) is 0 Å². The molecule has 0 spiro atoms. The van der Waals surface area contributed by atoms with E-state index in [4.69, 9.17) is 11.6 Å². The summed E-state index contributed by atoms with van der Waals surface area (Å²) in [6.45, 7) is 0. The van der Waals surface area contributed by atoms with Gasteiger partial charge in [0, 0.05) is 5.69 Å². The Morgan fingerprint density at radius 3 is 2.44 bits per heavy atom. The smallest absolute Gasteiger partial charge is 0.339 e. The number of nitrogens with one attached hydrogen (secondary N) is 2. The van der Waals surface area contributed by atoms with E-state index in [2.05, 4.69) is 25.8 Å². The van der Waals surface area contributed by atoms with Crippen molar-refractivity contribution in [3.05, 3.63) is 65.3 Å². The summed E-state index contributed by atoms with van der Waals surface area (Å²) in [6.07, 6.45) is -3.08. The van der Waals surface area contributed by atoms with Crippen molar-refractivity contribution in [2.24, 2.45) is 0 Å². The fourth-order valence-electron chi connectivity index (χ4n) is 2.00. The van der Waals surface area contributed by atoms with Crippen molar-refractivity contribution >= 4 is 34.7 Å². The van der Waals surface area contributed by atoms with E-state index in [1.54, 1.807) is 0 Å². The molecule has 3 aromatic rings. The second kappa shape index (κ2) is 6.94. The third kappa shape index (κ3) is 4.36. The van der Waals surface area contributed by atoms with Crippen LogP contribution in [-0.2, 0) is 6.18 Å². The fourth-order valence-corrected chi connectivity index (χ4v) is 2.17. The molecule has 5 nitrogen and oxygen atoms in total. The molecule has 2 N–H and O–H groups in total. The molecule has 128 valence electrons. The number of hydrogen-bond donors (Lipinski definition) is 2. The first-order valence-corrected chi connectivity index (χ1v) is 7.45. The Labute approximate surface area is 145 Å². The first-order chi connectivity index (χ1) is 11.9. The summed E-state index contributed by atoms with van der Waals surface area (Å²) in [5.41, 5.74) is -0.00729. The average molecular weight is 366 g/mol. The molecule has 0 bridgehead atoms. The quantitative estimate of drug-likeness (QED) is 0.679. The van der Waals surface area contributed by atoms with Crippen LogP contribution in [-0.4, -0.2) is 15.2 Å². The van der Waals surface area contributed by atoms with Crippen LogP contribution in [0.25, 0.3) is 0 Å². The molecule has 2 aromatic carbocycles. The Bertz CT molecular complexity index is 871. The number of para-hydroxylation sites is 1. The van der Waals surface area contributed by atoms with Gasteiger partial charge in [-0.3, -0.25) is 0 Å². The number of hydrogen-bond acceptors (Lipinski definition) is 5. The molecule has 0 saturated heterocycles. The van der Waals surface area contributed by atoms with E-state index in [0.717, 1.165) is 23.9 Å². The van der Waals surface area contributed by atoms with Crippen LogP contribution in [0.4, 0.5) is 36.3 Å². The maximum absolute atomic E-state index is 12.8. The Kier molecular flexibility index (Phi) is 4.71. The highest BCUT2D eigenvalue weighted by Crippen LogP contribution is 2.34. The van der Waals surface area contributed by atoms with Crippen LogP contribution in [0.2, 0.25) is 5.02 Å². The molecule has 0 saturated carbocycles. The second-order valence-corrected chi connectivity index (χ2v) is 5.38. The number of anilines is 4. The zero-order valence-electron chi connectivity index (χ0n) is 12.5. The van der Waals surface area contributed by atoms with Gasteiger partial charge in [0.15, 0.2) is 5.82 Å². The summed E-state index contributed by atoms with van der Waals surface area (Å²) in [4.78, 5) is 4.16. The summed E-state index contributed by atoms with van der Waals surface area (Å²) in [6, 6.07) is 12.2. The predicted molar refractivity (Wildman–Crippen MR) is 89.3 cm³/mol. The normalized spacial score (nSPS) is 11.2. The molecule has 3 rings (SSSR count). The van der Waals surface area contributed by atoms with E-state index < -0.39 is 11.7 Å². The van der Waals surface area contributed by atoms with Crippen molar-refractivity contribution in [1.82, 2.24) is 15.2 Å². The van der Waals surface area contributed by atoms with E-state index in [9.17, 15) is 13.2 Å². The minimum atomic E-state index is -4.48. The summed E-state index contributed by atoms with van der Waals surface area (Å²) in [5.74, 6) is 0.397. The highest BCUT2D eigenvalue weighted by Gasteiger charge is 2.31. The topological polar surface area (TPSA) is 62.7 Å². The summed E-state index contributed by atoms with van der Waals surface area (Å²) in [7, 11) is 0. The highest BCUT2D eigenvalue weighted by molar-refractivity contribution is 6.33. The Hall–Kier alpha value is -2.87. The Morgan fingerprint density at radius 1 is 0.960 bits per heavy atom. The maximum Gasteiger partial charge on any atom is 0.416 e. The van der Waals surface area contributed by atoms with Gasteiger partial charge in [-0.2, -0.15) is 23.3 Å². The molecule has 0 aliphatic heterocycles. The van der Waals surface area contributed by atoms with Crippen molar-refractivity contribution in [2.45, 2.75) is 6.18 Å². The Balaban J connectivity index is 1.83. The van der Waals surface area contributed by atoms with Crippen LogP contribution < -0.4 is 10.6 Å². The van der Waals surface area contributed by atoms with Crippen molar-refractivity contribution in [3.8, 4) is 0 Å². The molecule has 9 heteroatoms. The SMILES string of the molecule is FC(F)(F)c1ccc(Cl)c(Nc2nncc(Nc3ccccc3)n2)c1. The van der Waals surface area contributed by atoms with Gasteiger partial charge in [-0.1, -0.05) is 29.8 Å². The highest BCUT2D eigenvalue weighted by atomic mass is 35.5. The standard InChI is InChI=1S/C16H11ClF3N5/c17-12-7-6-10(16(18,19)20)8-13(12)23-15-24-14(9-21-25-15)22-11-4-2-1-3-5-11/h1-9H,(H2,22,23,24,25). The van der Waals surface area contributed by atoms with E-state index in [0.29, 0.717) is 5.82 Å². The number of rotatable bonds is 4. The minimum Gasteiger partial charge on any atom is -0.339 e. The number of alkyl halides is 3. The van der Waals surface area contributed by atoms with Gasteiger partial charge in [0.05, 0.1) is 22.5 Å². The van der Waals surface area contributed by atoms with Gasteiger partial charge < -0.3 is 10.6 Å². The molecular weight excluding hydrogens is 355 g/mol. The van der Waals surface area contributed by atoms with Crippen LogP contribution >= 0.6 is 11.6 Å². The predicted octanol–water partition coefficient (Wildman–Crippen LogP) is 5.03. The number of halogens is 4. The van der Waals surface area contributed by atoms with Crippen LogP contribution in [0.3, 0.4) is 0 Å². The van der Waals surface area contributed by atoms with Crippen molar-refractivity contribution in [1.29, 1.82) is 0 Å². The molecule has 0 radical (unpaired) electrons. The molecule has 1 heterocycles. The van der Waals surface area contributed by atoms with Gasteiger partial charge >= 0.3 is 6.18 Å². The molecule has 25 heavy (non-hydrogen) atoms. The number of benzene rings is 2. The first-order valence-electron chi connectivity index (χ1n) is 7.07. The lowest BCUT2D eigenvalue weighted by molar-refractivity contribution is -0.137. The van der Waals surface area contributed by atoms with E-state index in [1.165, 1.54) is 6.20 Å². The molecule has 0 fully saturated rings. The largest absolute Gasteiger partial charge is 0.416 e. The molecular formula is C16H11ClF3N5. The number of nitrogens with zero attached hydrogens (tertiary/aromatic N) is 3. The van der Waals surface area contributed by atoms with E-state index in [1.807, 2.05) is 30.3 Å². The van der Waals surface area contributed by atoms with Crippen LogP contribution in [0.5, 0.6) is 0 Å². The lowest BCUT2D eigenvalue weighted by Crippen LogP contribution is -2.07. The monoisotopic (exact) mass is 365 g/mol. The van der Waals surface area contributed by atoms with Gasteiger partial charge in [0.1, 0.15) is 0 Å². The van der Waals surface area contributed by atoms with Crippen LogP contribution in [0, 0.1) is 0 Å². The van der Waals surface area contributed by atoms with Gasteiger partial charge in [-0.15, -0.1) is 5.10 Å². The molecule has 0 unspecified atom stereocenters. The maximum atomic E-state index is 12.8. The van der Waals surface area contributed by atoms with E-state index in [-0.39, 0.29) is 16.7 Å². The lowest BCUT2D eigenvalue weighted by Gasteiger charge is -2.12. The molecule has 0 atom stereocenters.